The van der Waals surface area contributed by atoms with Crippen LogP contribution >= 0.6 is 0 Å². The SMILES string of the molecule is CN1CCCN(C(=O)c2cccnc2N2CCCC2)CC1. The van der Waals surface area contributed by atoms with E-state index in [9.17, 15) is 4.79 Å². The number of hydrogen-bond donors (Lipinski definition) is 0. The van der Waals surface area contributed by atoms with Gasteiger partial charge in [-0.3, -0.25) is 4.79 Å². The minimum Gasteiger partial charge on any atom is -0.356 e. The number of rotatable bonds is 2. The van der Waals surface area contributed by atoms with Crippen LogP contribution in [0.1, 0.15) is 29.6 Å². The van der Waals surface area contributed by atoms with E-state index >= 15 is 0 Å². The Balaban J connectivity index is 1.80. The first-order valence-corrected chi connectivity index (χ1v) is 7.93. The van der Waals surface area contributed by atoms with Crippen LogP contribution in [0.15, 0.2) is 18.3 Å². The average Bonchev–Trinajstić information content (AvgIpc) is 2.96. The Morgan fingerprint density at radius 3 is 2.67 bits per heavy atom. The van der Waals surface area contributed by atoms with Crippen molar-refractivity contribution < 1.29 is 4.79 Å². The number of carbonyl (C=O) groups excluding carboxylic acids is 1. The number of nitrogens with zero attached hydrogens (tertiary/aromatic N) is 4. The smallest absolute Gasteiger partial charge is 0.257 e. The van der Waals surface area contributed by atoms with Gasteiger partial charge in [-0.25, -0.2) is 4.98 Å². The molecule has 0 atom stereocenters. The molecule has 2 saturated heterocycles. The van der Waals surface area contributed by atoms with E-state index in [-0.39, 0.29) is 5.91 Å². The lowest BCUT2D eigenvalue weighted by Gasteiger charge is -2.24. The Kier molecular flexibility index (Phi) is 4.39. The van der Waals surface area contributed by atoms with Crippen molar-refractivity contribution in [3.8, 4) is 0 Å². The first kappa shape index (κ1) is 14.3. The van der Waals surface area contributed by atoms with Gasteiger partial charge in [0.25, 0.3) is 5.91 Å². The summed E-state index contributed by atoms with van der Waals surface area (Å²) in [6.45, 7) is 5.70. The lowest BCUT2D eigenvalue weighted by Crippen LogP contribution is -2.35. The summed E-state index contributed by atoms with van der Waals surface area (Å²) in [5.74, 6) is 1.01. The van der Waals surface area contributed by atoms with Crippen LogP contribution < -0.4 is 4.90 Å². The second kappa shape index (κ2) is 6.43. The Morgan fingerprint density at radius 2 is 1.86 bits per heavy atom. The predicted octanol–water partition coefficient (Wildman–Crippen LogP) is 1.46. The number of likely N-dealkylation sites (N-methyl/N-ethyl adjacent to an activating group) is 1. The molecule has 1 aromatic rings. The van der Waals surface area contributed by atoms with Crippen LogP contribution in [0.2, 0.25) is 0 Å². The van der Waals surface area contributed by atoms with Gasteiger partial charge < -0.3 is 14.7 Å². The van der Waals surface area contributed by atoms with Crippen molar-refractivity contribution in [2.45, 2.75) is 19.3 Å². The summed E-state index contributed by atoms with van der Waals surface area (Å²) in [5.41, 5.74) is 0.768. The molecule has 0 bridgehead atoms. The Morgan fingerprint density at radius 1 is 1.05 bits per heavy atom. The summed E-state index contributed by atoms with van der Waals surface area (Å²) < 4.78 is 0. The van der Waals surface area contributed by atoms with Crippen LogP contribution in [-0.4, -0.2) is 67.0 Å². The molecule has 0 unspecified atom stereocenters. The zero-order chi connectivity index (χ0) is 14.7. The molecule has 2 fully saturated rings. The standard InChI is InChI=1S/C16H24N4O/c1-18-8-5-11-20(13-12-18)16(21)14-6-4-7-17-15(14)19-9-2-3-10-19/h4,6-7H,2-3,5,8-13H2,1H3. The molecule has 3 heterocycles. The monoisotopic (exact) mass is 288 g/mol. The van der Waals surface area contributed by atoms with Gasteiger partial charge in [-0.1, -0.05) is 0 Å². The quantitative estimate of drug-likeness (QED) is 0.826. The van der Waals surface area contributed by atoms with Gasteiger partial charge in [-0.15, -0.1) is 0 Å². The maximum Gasteiger partial charge on any atom is 0.257 e. The molecule has 0 spiro atoms. The van der Waals surface area contributed by atoms with Gasteiger partial charge in [-0.2, -0.15) is 0 Å². The molecule has 2 aliphatic rings. The van der Waals surface area contributed by atoms with Gasteiger partial charge in [0.15, 0.2) is 0 Å². The molecule has 5 nitrogen and oxygen atoms in total. The lowest BCUT2D eigenvalue weighted by molar-refractivity contribution is 0.0763. The first-order chi connectivity index (χ1) is 10.3. The molecule has 0 aromatic carbocycles. The normalized spacial score (nSPS) is 20.6. The molecule has 1 amide bonds. The van der Waals surface area contributed by atoms with E-state index in [1.807, 2.05) is 17.0 Å². The highest BCUT2D eigenvalue weighted by molar-refractivity contribution is 5.99. The average molecular weight is 288 g/mol. The molecule has 0 aliphatic carbocycles. The second-order valence-electron chi connectivity index (χ2n) is 6.02. The van der Waals surface area contributed by atoms with Crippen molar-refractivity contribution in [3.63, 3.8) is 0 Å². The highest BCUT2D eigenvalue weighted by Gasteiger charge is 2.25. The third kappa shape index (κ3) is 3.18. The van der Waals surface area contributed by atoms with E-state index in [0.29, 0.717) is 0 Å². The molecule has 5 heteroatoms. The van der Waals surface area contributed by atoms with Crippen molar-refractivity contribution in [3.05, 3.63) is 23.9 Å². The fraction of sp³-hybridized carbons (Fsp3) is 0.625. The minimum atomic E-state index is 0.139. The van der Waals surface area contributed by atoms with Crippen molar-refractivity contribution in [2.24, 2.45) is 0 Å². The van der Waals surface area contributed by atoms with Gasteiger partial charge in [0.1, 0.15) is 5.82 Å². The number of anilines is 1. The Hall–Kier alpha value is -1.62. The zero-order valence-electron chi connectivity index (χ0n) is 12.8. The summed E-state index contributed by atoms with van der Waals surface area (Å²) >= 11 is 0. The summed E-state index contributed by atoms with van der Waals surface area (Å²) in [6.07, 6.45) is 5.22. The molecule has 3 rings (SSSR count). The molecule has 0 saturated carbocycles. The van der Waals surface area contributed by atoms with Gasteiger partial charge in [0.05, 0.1) is 5.56 Å². The summed E-state index contributed by atoms with van der Waals surface area (Å²) in [7, 11) is 2.12. The van der Waals surface area contributed by atoms with E-state index in [0.717, 1.165) is 57.1 Å². The Labute approximate surface area is 126 Å². The van der Waals surface area contributed by atoms with E-state index in [1.165, 1.54) is 12.8 Å². The van der Waals surface area contributed by atoms with Gasteiger partial charge in [0.2, 0.25) is 0 Å². The van der Waals surface area contributed by atoms with E-state index in [2.05, 4.69) is 21.8 Å². The molecule has 0 N–H and O–H groups in total. The lowest BCUT2D eigenvalue weighted by atomic mass is 10.2. The van der Waals surface area contributed by atoms with Gasteiger partial charge in [-0.05, 0) is 45.0 Å². The fourth-order valence-electron chi connectivity index (χ4n) is 3.16. The number of amides is 1. The highest BCUT2D eigenvalue weighted by Crippen LogP contribution is 2.23. The number of hydrogen-bond acceptors (Lipinski definition) is 4. The first-order valence-electron chi connectivity index (χ1n) is 7.93. The van der Waals surface area contributed by atoms with Crippen molar-refractivity contribution in [1.82, 2.24) is 14.8 Å². The number of carbonyl (C=O) groups is 1. The molecule has 114 valence electrons. The third-order valence-corrected chi connectivity index (χ3v) is 4.43. The fourth-order valence-corrected chi connectivity index (χ4v) is 3.16. The van der Waals surface area contributed by atoms with Crippen LogP contribution in [0.25, 0.3) is 0 Å². The highest BCUT2D eigenvalue weighted by atomic mass is 16.2. The second-order valence-corrected chi connectivity index (χ2v) is 6.02. The summed E-state index contributed by atoms with van der Waals surface area (Å²) in [6, 6.07) is 3.80. The van der Waals surface area contributed by atoms with E-state index in [1.54, 1.807) is 6.20 Å². The van der Waals surface area contributed by atoms with Gasteiger partial charge >= 0.3 is 0 Å². The van der Waals surface area contributed by atoms with E-state index in [4.69, 9.17) is 0 Å². The van der Waals surface area contributed by atoms with Crippen molar-refractivity contribution in [2.75, 3.05) is 51.2 Å². The topological polar surface area (TPSA) is 39.7 Å². The maximum atomic E-state index is 12.9. The maximum absolute atomic E-state index is 12.9. The Bertz CT molecular complexity index is 499. The molecule has 2 aliphatic heterocycles. The molecular weight excluding hydrogens is 264 g/mol. The van der Waals surface area contributed by atoms with Gasteiger partial charge in [0, 0.05) is 38.9 Å². The summed E-state index contributed by atoms with van der Waals surface area (Å²) in [5, 5.41) is 0. The number of aromatic nitrogens is 1. The molecule has 0 radical (unpaired) electrons. The number of pyridine rings is 1. The molecule has 21 heavy (non-hydrogen) atoms. The van der Waals surface area contributed by atoms with Crippen molar-refractivity contribution in [1.29, 1.82) is 0 Å². The predicted molar refractivity (Wildman–Crippen MR) is 83.7 cm³/mol. The van der Waals surface area contributed by atoms with Crippen LogP contribution in [0, 0.1) is 0 Å². The third-order valence-electron chi connectivity index (χ3n) is 4.43. The molecular formula is C16H24N4O. The van der Waals surface area contributed by atoms with Crippen LogP contribution in [0.4, 0.5) is 5.82 Å². The minimum absolute atomic E-state index is 0.139. The van der Waals surface area contributed by atoms with Crippen LogP contribution in [0.3, 0.4) is 0 Å². The summed E-state index contributed by atoms with van der Waals surface area (Å²) in [4.78, 5) is 23.9. The molecule has 1 aromatic heterocycles. The van der Waals surface area contributed by atoms with Crippen LogP contribution in [-0.2, 0) is 0 Å². The van der Waals surface area contributed by atoms with E-state index < -0.39 is 0 Å². The van der Waals surface area contributed by atoms with Crippen molar-refractivity contribution >= 4 is 11.7 Å². The zero-order valence-corrected chi connectivity index (χ0v) is 12.8. The largest absolute Gasteiger partial charge is 0.356 e. The van der Waals surface area contributed by atoms with Crippen LogP contribution in [0.5, 0.6) is 0 Å².